The number of likely N-dealkylation sites (tertiary alicyclic amines) is 1. The Kier molecular flexibility index (Phi) is 4.97. The molecule has 27 heavy (non-hydrogen) atoms. The lowest BCUT2D eigenvalue weighted by Crippen LogP contribution is -2.40. The lowest BCUT2D eigenvalue weighted by Gasteiger charge is -2.32. The van der Waals surface area contributed by atoms with Crippen molar-refractivity contribution in [1.29, 1.82) is 0 Å². The second kappa shape index (κ2) is 7.55. The first-order valence-electron chi connectivity index (χ1n) is 9.58. The standard InChI is InChI=1S/C21H25N3O3/c1-14-12-19(27-18-9-7-17(26-2)8-10-18)23-20(22-14)16-4-3-11-24(13-16)21(25)15-5-6-15/h7-10,12,15-16H,3-6,11,13H2,1-2H3. The normalized spacial score (nSPS) is 19.6. The number of hydrogen-bond acceptors (Lipinski definition) is 5. The van der Waals surface area contributed by atoms with Crippen LogP contribution in [-0.4, -0.2) is 41.0 Å². The molecule has 142 valence electrons. The van der Waals surface area contributed by atoms with Crippen LogP contribution in [-0.2, 0) is 4.79 Å². The highest BCUT2D eigenvalue weighted by Crippen LogP contribution is 2.34. The van der Waals surface area contributed by atoms with Crippen LogP contribution in [0.3, 0.4) is 0 Å². The predicted octanol–water partition coefficient (Wildman–Crippen LogP) is 3.70. The number of hydrogen-bond donors (Lipinski definition) is 0. The van der Waals surface area contributed by atoms with Crippen LogP contribution in [0, 0.1) is 12.8 Å². The van der Waals surface area contributed by atoms with E-state index in [1.165, 1.54) is 0 Å². The summed E-state index contributed by atoms with van der Waals surface area (Å²) in [6, 6.07) is 9.25. The van der Waals surface area contributed by atoms with Gasteiger partial charge in [-0.3, -0.25) is 4.79 Å². The molecule has 2 aliphatic rings. The van der Waals surface area contributed by atoms with E-state index in [1.54, 1.807) is 7.11 Å². The third-order valence-corrected chi connectivity index (χ3v) is 5.15. The van der Waals surface area contributed by atoms with Crippen LogP contribution in [0.5, 0.6) is 17.4 Å². The number of carbonyl (C=O) groups excluding carboxylic acids is 1. The van der Waals surface area contributed by atoms with Gasteiger partial charge in [0.05, 0.1) is 7.11 Å². The van der Waals surface area contributed by atoms with Crippen LogP contribution in [0.25, 0.3) is 0 Å². The van der Waals surface area contributed by atoms with E-state index < -0.39 is 0 Å². The number of aryl methyl sites for hydroxylation is 1. The summed E-state index contributed by atoms with van der Waals surface area (Å²) >= 11 is 0. The molecule has 1 amide bonds. The maximum atomic E-state index is 12.4. The first-order chi connectivity index (χ1) is 13.1. The molecule has 2 aromatic rings. The van der Waals surface area contributed by atoms with Crippen LogP contribution in [0.2, 0.25) is 0 Å². The zero-order valence-electron chi connectivity index (χ0n) is 15.9. The Morgan fingerprint density at radius 1 is 1.11 bits per heavy atom. The van der Waals surface area contributed by atoms with Crippen molar-refractivity contribution in [2.75, 3.05) is 20.2 Å². The molecule has 1 aliphatic carbocycles. The van der Waals surface area contributed by atoms with Gasteiger partial charge in [-0.1, -0.05) is 0 Å². The molecule has 1 aliphatic heterocycles. The third-order valence-electron chi connectivity index (χ3n) is 5.15. The van der Waals surface area contributed by atoms with Gasteiger partial charge in [0.1, 0.15) is 17.3 Å². The number of nitrogens with zero attached hydrogens (tertiary/aromatic N) is 3. The van der Waals surface area contributed by atoms with Gasteiger partial charge in [-0.25, -0.2) is 4.98 Å². The maximum absolute atomic E-state index is 12.4. The van der Waals surface area contributed by atoms with E-state index >= 15 is 0 Å². The van der Waals surface area contributed by atoms with Crippen LogP contribution in [0.1, 0.15) is 43.1 Å². The molecule has 2 fully saturated rings. The third kappa shape index (κ3) is 4.21. The second-order valence-electron chi connectivity index (χ2n) is 7.38. The molecule has 4 rings (SSSR count). The van der Waals surface area contributed by atoms with E-state index in [0.717, 1.165) is 49.5 Å². The first kappa shape index (κ1) is 17.8. The van der Waals surface area contributed by atoms with E-state index in [0.29, 0.717) is 24.1 Å². The van der Waals surface area contributed by atoms with Gasteiger partial charge >= 0.3 is 0 Å². The molecule has 1 saturated carbocycles. The Bertz CT molecular complexity index is 818. The molecule has 6 heteroatoms. The zero-order valence-corrected chi connectivity index (χ0v) is 15.9. The predicted molar refractivity (Wildman–Crippen MR) is 101 cm³/mol. The summed E-state index contributed by atoms with van der Waals surface area (Å²) < 4.78 is 11.1. The monoisotopic (exact) mass is 367 g/mol. The molecule has 1 aromatic carbocycles. The molecule has 1 atom stereocenters. The van der Waals surface area contributed by atoms with Crippen molar-refractivity contribution < 1.29 is 14.3 Å². The highest BCUT2D eigenvalue weighted by atomic mass is 16.5. The molecular weight excluding hydrogens is 342 g/mol. The molecule has 0 spiro atoms. The van der Waals surface area contributed by atoms with Gasteiger partial charge in [0.2, 0.25) is 11.8 Å². The second-order valence-corrected chi connectivity index (χ2v) is 7.38. The summed E-state index contributed by atoms with van der Waals surface area (Å²) in [5.41, 5.74) is 0.870. The molecule has 1 aromatic heterocycles. The van der Waals surface area contributed by atoms with E-state index in [1.807, 2.05) is 42.2 Å². The van der Waals surface area contributed by atoms with Crippen molar-refractivity contribution in [2.45, 2.75) is 38.5 Å². The van der Waals surface area contributed by atoms with Crippen molar-refractivity contribution >= 4 is 5.91 Å². The molecule has 0 radical (unpaired) electrons. The number of ether oxygens (including phenoxy) is 2. The first-order valence-corrected chi connectivity index (χ1v) is 9.58. The lowest BCUT2D eigenvalue weighted by molar-refractivity contribution is -0.133. The van der Waals surface area contributed by atoms with Gasteiger partial charge in [0.25, 0.3) is 0 Å². The van der Waals surface area contributed by atoms with Gasteiger partial charge in [-0.2, -0.15) is 4.98 Å². The number of rotatable bonds is 5. The Morgan fingerprint density at radius 3 is 2.56 bits per heavy atom. The lowest BCUT2D eigenvalue weighted by atomic mass is 9.96. The van der Waals surface area contributed by atoms with E-state index in [9.17, 15) is 4.79 Å². The minimum absolute atomic E-state index is 0.166. The number of methoxy groups -OCH3 is 1. The summed E-state index contributed by atoms with van der Waals surface area (Å²) in [6.45, 7) is 3.51. The maximum Gasteiger partial charge on any atom is 0.225 e. The quantitative estimate of drug-likeness (QED) is 0.806. The van der Waals surface area contributed by atoms with E-state index in [-0.39, 0.29) is 11.8 Å². The SMILES string of the molecule is COc1ccc(Oc2cc(C)nc(C3CCCN(C(=O)C4CC4)C3)n2)cc1. The van der Waals surface area contributed by atoms with Gasteiger partial charge in [-0.15, -0.1) is 0 Å². The fraction of sp³-hybridized carbons (Fsp3) is 0.476. The highest BCUT2D eigenvalue weighted by Gasteiger charge is 2.36. The van der Waals surface area contributed by atoms with Crippen molar-refractivity contribution in [2.24, 2.45) is 5.92 Å². The minimum Gasteiger partial charge on any atom is -0.497 e. The fourth-order valence-electron chi connectivity index (χ4n) is 3.54. The Morgan fingerprint density at radius 2 is 1.85 bits per heavy atom. The van der Waals surface area contributed by atoms with Crippen LogP contribution in [0.15, 0.2) is 30.3 Å². The summed E-state index contributed by atoms with van der Waals surface area (Å²) in [7, 11) is 1.64. The van der Waals surface area contributed by atoms with Crippen molar-refractivity contribution in [3.8, 4) is 17.4 Å². The molecule has 1 saturated heterocycles. The number of piperidine rings is 1. The number of benzene rings is 1. The Hall–Kier alpha value is -2.63. The van der Waals surface area contributed by atoms with Crippen LogP contribution in [0.4, 0.5) is 0 Å². The average molecular weight is 367 g/mol. The molecule has 6 nitrogen and oxygen atoms in total. The van der Waals surface area contributed by atoms with E-state index in [2.05, 4.69) is 9.97 Å². The molecule has 0 bridgehead atoms. The van der Waals surface area contributed by atoms with E-state index in [4.69, 9.17) is 9.47 Å². The summed E-state index contributed by atoms with van der Waals surface area (Å²) in [5.74, 6) is 3.52. The van der Waals surface area contributed by atoms with Gasteiger partial charge in [0, 0.05) is 36.7 Å². The topological polar surface area (TPSA) is 64.6 Å². The van der Waals surface area contributed by atoms with Gasteiger partial charge in [0.15, 0.2) is 0 Å². The molecule has 1 unspecified atom stereocenters. The number of carbonyl (C=O) groups is 1. The van der Waals surface area contributed by atoms with Gasteiger partial charge < -0.3 is 14.4 Å². The largest absolute Gasteiger partial charge is 0.497 e. The summed E-state index contributed by atoms with van der Waals surface area (Å²) in [4.78, 5) is 23.7. The highest BCUT2D eigenvalue weighted by molar-refractivity contribution is 5.81. The van der Waals surface area contributed by atoms with Crippen LogP contribution < -0.4 is 9.47 Å². The summed E-state index contributed by atoms with van der Waals surface area (Å²) in [5, 5.41) is 0. The Balaban J connectivity index is 1.49. The van der Waals surface area contributed by atoms with Crippen molar-refractivity contribution in [3.63, 3.8) is 0 Å². The van der Waals surface area contributed by atoms with Gasteiger partial charge in [-0.05, 0) is 56.9 Å². The Labute approximate surface area is 159 Å². The van der Waals surface area contributed by atoms with Crippen LogP contribution >= 0.6 is 0 Å². The average Bonchev–Trinajstić information content (AvgIpc) is 3.53. The smallest absolute Gasteiger partial charge is 0.225 e. The molecular formula is C21H25N3O3. The minimum atomic E-state index is 0.166. The number of aromatic nitrogens is 2. The fourth-order valence-corrected chi connectivity index (χ4v) is 3.54. The van der Waals surface area contributed by atoms with Crippen molar-refractivity contribution in [1.82, 2.24) is 14.9 Å². The summed E-state index contributed by atoms with van der Waals surface area (Å²) in [6.07, 6.45) is 4.08. The molecule has 2 heterocycles. The van der Waals surface area contributed by atoms with Crippen molar-refractivity contribution in [3.05, 3.63) is 41.9 Å². The molecule has 0 N–H and O–H groups in total. The number of amides is 1. The zero-order chi connectivity index (χ0) is 18.8.